The number of oxazole rings is 1. The lowest BCUT2D eigenvalue weighted by molar-refractivity contribution is 0.452. The van der Waals surface area contributed by atoms with Crippen LogP contribution in [0.2, 0.25) is 0 Å². The van der Waals surface area contributed by atoms with Gasteiger partial charge in [-0.05, 0) is 37.6 Å². The van der Waals surface area contributed by atoms with Gasteiger partial charge in [-0.15, -0.1) is 0 Å². The van der Waals surface area contributed by atoms with Gasteiger partial charge in [0.15, 0.2) is 15.4 Å². The Morgan fingerprint density at radius 3 is 2.94 bits per heavy atom. The van der Waals surface area contributed by atoms with E-state index in [9.17, 15) is 8.42 Å². The van der Waals surface area contributed by atoms with Crippen LogP contribution in [0.25, 0.3) is 11.1 Å². The van der Waals surface area contributed by atoms with Crippen molar-refractivity contribution >= 4 is 20.9 Å². The molecule has 1 N–H and O–H groups in total. The van der Waals surface area contributed by atoms with E-state index in [-0.39, 0.29) is 10.9 Å². The highest BCUT2D eigenvalue weighted by Crippen LogP contribution is 2.27. The number of rotatable bonds is 2. The molecule has 0 radical (unpaired) electrons. The number of hydrogen-bond acceptors (Lipinski definition) is 5. The molecule has 1 fully saturated rings. The second-order valence-corrected chi connectivity index (χ2v) is 6.62. The van der Waals surface area contributed by atoms with Crippen molar-refractivity contribution in [1.82, 2.24) is 10.3 Å². The fraction of sp³-hybridized carbons (Fsp3) is 0.417. The Balaban J connectivity index is 2.06. The van der Waals surface area contributed by atoms with Crippen LogP contribution in [-0.2, 0) is 9.84 Å². The van der Waals surface area contributed by atoms with Gasteiger partial charge in [-0.25, -0.2) is 13.4 Å². The molecule has 0 spiro atoms. The first-order valence-corrected chi connectivity index (χ1v) is 7.77. The molecule has 96 valence electrons. The lowest BCUT2D eigenvalue weighted by atomic mass is 10.2. The summed E-state index contributed by atoms with van der Waals surface area (Å²) in [6.45, 7) is 0.970. The summed E-state index contributed by atoms with van der Waals surface area (Å²) in [4.78, 5) is 4.65. The van der Waals surface area contributed by atoms with Crippen molar-refractivity contribution in [2.75, 3.05) is 12.8 Å². The molecule has 0 bridgehead atoms. The first-order chi connectivity index (χ1) is 8.54. The summed E-state index contributed by atoms with van der Waals surface area (Å²) in [5, 5.41) is 3.30. The number of fused-ring (bicyclic) bond motifs is 1. The molecule has 5 nitrogen and oxygen atoms in total. The summed E-state index contributed by atoms with van der Waals surface area (Å²) >= 11 is 0. The highest BCUT2D eigenvalue weighted by molar-refractivity contribution is 7.90. The Hall–Kier alpha value is -1.40. The number of nitrogens with one attached hydrogen (secondary N) is 1. The number of nitrogens with zero attached hydrogens (tertiary/aromatic N) is 1. The van der Waals surface area contributed by atoms with Crippen molar-refractivity contribution in [3.8, 4) is 0 Å². The number of hydrogen-bond donors (Lipinski definition) is 1. The van der Waals surface area contributed by atoms with Gasteiger partial charge in [0.25, 0.3) is 0 Å². The molecule has 1 atom stereocenters. The maximum atomic E-state index is 11.5. The van der Waals surface area contributed by atoms with Crippen LogP contribution in [0.15, 0.2) is 27.5 Å². The van der Waals surface area contributed by atoms with Gasteiger partial charge in [-0.3, -0.25) is 0 Å². The second kappa shape index (κ2) is 4.07. The summed E-state index contributed by atoms with van der Waals surface area (Å²) in [6, 6.07) is 4.93. The molecule has 1 saturated heterocycles. The fourth-order valence-electron chi connectivity index (χ4n) is 2.20. The SMILES string of the molecule is CS(=O)(=O)c1ccc2oc(C3CCCN3)nc2c1. The number of benzene rings is 1. The fourth-order valence-corrected chi connectivity index (χ4v) is 2.84. The van der Waals surface area contributed by atoms with E-state index < -0.39 is 9.84 Å². The third-order valence-electron chi connectivity index (χ3n) is 3.16. The van der Waals surface area contributed by atoms with E-state index in [1.165, 1.54) is 6.26 Å². The van der Waals surface area contributed by atoms with Gasteiger partial charge in [0.05, 0.1) is 10.9 Å². The van der Waals surface area contributed by atoms with Gasteiger partial charge in [0, 0.05) is 6.26 Å². The van der Waals surface area contributed by atoms with E-state index >= 15 is 0 Å². The minimum absolute atomic E-state index is 0.152. The molecule has 0 saturated carbocycles. The topological polar surface area (TPSA) is 72.2 Å². The quantitative estimate of drug-likeness (QED) is 0.895. The third kappa shape index (κ3) is 2.02. The Labute approximate surface area is 105 Å². The number of sulfone groups is 1. The largest absolute Gasteiger partial charge is 0.439 e. The van der Waals surface area contributed by atoms with Crippen LogP contribution in [0.1, 0.15) is 24.8 Å². The summed E-state index contributed by atoms with van der Waals surface area (Å²) in [5.41, 5.74) is 1.23. The van der Waals surface area contributed by atoms with Crippen LogP contribution in [0, 0.1) is 0 Å². The van der Waals surface area contributed by atoms with Crippen LogP contribution >= 0.6 is 0 Å². The van der Waals surface area contributed by atoms with Crippen molar-refractivity contribution < 1.29 is 12.8 Å². The Kier molecular flexibility index (Phi) is 2.64. The molecule has 6 heteroatoms. The first-order valence-electron chi connectivity index (χ1n) is 5.88. The molecule has 1 aliphatic heterocycles. The molecule has 1 aliphatic rings. The van der Waals surface area contributed by atoms with E-state index in [1.807, 2.05) is 0 Å². The zero-order valence-corrected chi connectivity index (χ0v) is 10.8. The second-order valence-electron chi connectivity index (χ2n) is 4.60. The smallest absolute Gasteiger partial charge is 0.212 e. The predicted molar refractivity (Wildman–Crippen MR) is 67.1 cm³/mol. The highest BCUT2D eigenvalue weighted by atomic mass is 32.2. The van der Waals surface area contributed by atoms with Crippen LogP contribution in [0.4, 0.5) is 0 Å². The van der Waals surface area contributed by atoms with Crippen molar-refractivity contribution in [3.63, 3.8) is 0 Å². The average molecular weight is 266 g/mol. The maximum absolute atomic E-state index is 11.5. The maximum Gasteiger partial charge on any atom is 0.212 e. The summed E-state index contributed by atoms with van der Waals surface area (Å²) in [7, 11) is -3.20. The van der Waals surface area contributed by atoms with Crippen molar-refractivity contribution in [2.24, 2.45) is 0 Å². The third-order valence-corrected chi connectivity index (χ3v) is 4.27. The van der Waals surface area contributed by atoms with Crippen LogP contribution < -0.4 is 5.32 Å². The monoisotopic (exact) mass is 266 g/mol. The minimum Gasteiger partial charge on any atom is -0.439 e. The Morgan fingerprint density at radius 1 is 1.44 bits per heavy atom. The minimum atomic E-state index is -3.20. The standard InChI is InChI=1S/C12H14N2O3S/c1-18(15,16)8-4-5-11-10(7-8)14-12(17-11)9-3-2-6-13-9/h4-5,7,9,13H,2-3,6H2,1H3. The molecule has 18 heavy (non-hydrogen) atoms. The lowest BCUT2D eigenvalue weighted by Crippen LogP contribution is -2.12. The molecule has 2 aromatic rings. The molecule has 2 heterocycles. The predicted octanol–water partition coefficient (Wildman–Crippen LogP) is 1.66. The molecule has 1 aromatic heterocycles. The normalized spacial score (nSPS) is 20.6. The van der Waals surface area contributed by atoms with Gasteiger partial charge in [0.1, 0.15) is 5.52 Å². The van der Waals surface area contributed by atoms with Crippen LogP contribution in [0.5, 0.6) is 0 Å². The van der Waals surface area contributed by atoms with Crippen molar-refractivity contribution in [3.05, 3.63) is 24.1 Å². The van der Waals surface area contributed by atoms with Crippen molar-refractivity contribution in [1.29, 1.82) is 0 Å². The van der Waals surface area contributed by atoms with Gasteiger partial charge >= 0.3 is 0 Å². The molecular formula is C12H14N2O3S. The Morgan fingerprint density at radius 2 is 2.28 bits per heavy atom. The van der Waals surface area contributed by atoms with Gasteiger partial charge in [-0.2, -0.15) is 0 Å². The summed E-state index contributed by atoms with van der Waals surface area (Å²) in [5.74, 6) is 0.646. The molecular weight excluding hydrogens is 252 g/mol. The highest BCUT2D eigenvalue weighted by Gasteiger charge is 2.22. The summed E-state index contributed by atoms with van der Waals surface area (Å²) in [6.07, 6.45) is 3.30. The number of aromatic nitrogens is 1. The molecule has 1 unspecified atom stereocenters. The van der Waals surface area contributed by atoms with Gasteiger partial charge < -0.3 is 9.73 Å². The molecule has 1 aromatic carbocycles. The first kappa shape index (κ1) is 11.7. The van der Waals surface area contributed by atoms with Crippen molar-refractivity contribution in [2.45, 2.75) is 23.8 Å². The van der Waals surface area contributed by atoms with E-state index in [0.717, 1.165) is 19.4 Å². The average Bonchev–Trinajstić information content (AvgIpc) is 2.95. The van der Waals surface area contributed by atoms with Gasteiger partial charge in [0.2, 0.25) is 5.89 Å². The molecule has 0 aliphatic carbocycles. The van der Waals surface area contributed by atoms with E-state index in [2.05, 4.69) is 10.3 Å². The van der Waals surface area contributed by atoms with E-state index in [0.29, 0.717) is 17.0 Å². The van der Waals surface area contributed by atoms with E-state index in [1.54, 1.807) is 18.2 Å². The zero-order valence-electron chi connectivity index (χ0n) is 10.0. The van der Waals surface area contributed by atoms with E-state index in [4.69, 9.17) is 4.42 Å². The summed E-state index contributed by atoms with van der Waals surface area (Å²) < 4.78 is 28.6. The Bertz CT molecular complexity index is 684. The molecule has 3 rings (SSSR count). The van der Waals surface area contributed by atoms with Crippen LogP contribution in [0.3, 0.4) is 0 Å². The zero-order chi connectivity index (χ0) is 12.8. The molecule has 0 amide bonds. The van der Waals surface area contributed by atoms with Crippen LogP contribution in [-0.4, -0.2) is 26.2 Å². The van der Waals surface area contributed by atoms with Gasteiger partial charge in [-0.1, -0.05) is 0 Å². The lowest BCUT2D eigenvalue weighted by Gasteiger charge is -2.02.